The number of thiazole rings is 1. The normalized spacial score (nSPS) is 14.4. The van der Waals surface area contributed by atoms with E-state index in [4.69, 9.17) is 21.0 Å². The topological polar surface area (TPSA) is 47.8 Å². The zero-order valence-electron chi connectivity index (χ0n) is 12.4. The first kappa shape index (κ1) is 17.2. The van der Waals surface area contributed by atoms with Crippen LogP contribution in [0.5, 0.6) is 0 Å². The van der Waals surface area contributed by atoms with E-state index in [1.807, 2.05) is 17.5 Å². The number of aromatic nitrogens is 2. The second-order valence-corrected chi connectivity index (χ2v) is 11.6. The molecule has 0 aromatic carbocycles. The summed E-state index contributed by atoms with van der Waals surface area (Å²) < 4.78 is 13.5. The fourth-order valence-electron chi connectivity index (χ4n) is 1.72. The summed E-state index contributed by atoms with van der Waals surface area (Å²) in [5.41, 5.74) is 0.684. The molecule has 9 heteroatoms. The molecule has 0 aliphatic carbocycles. The van der Waals surface area contributed by atoms with Crippen molar-refractivity contribution in [1.29, 1.82) is 0 Å². The third-order valence-corrected chi connectivity index (χ3v) is 9.18. The highest BCUT2D eigenvalue weighted by atomic mass is 32.9. The maximum atomic E-state index is 5.81. The van der Waals surface area contributed by atoms with Crippen LogP contribution in [0.3, 0.4) is 0 Å². The molecule has 21 heavy (non-hydrogen) atoms. The van der Waals surface area contributed by atoms with Crippen molar-refractivity contribution in [2.45, 2.75) is 33.6 Å². The third kappa shape index (κ3) is 4.21. The highest BCUT2D eigenvalue weighted by molar-refractivity contribution is 8.67. The van der Waals surface area contributed by atoms with E-state index in [1.165, 1.54) is 4.88 Å². The maximum Gasteiger partial charge on any atom is 0.270 e. The lowest BCUT2D eigenvalue weighted by Crippen LogP contribution is -2.04. The summed E-state index contributed by atoms with van der Waals surface area (Å²) in [6.45, 7) is 6.73. The molecule has 0 aliphatic heterocycles. The van der Waals surface area contributed by atoms with Gasteiger partial charge in [0.15, 0.2) is 4.96 Å². The molecule has 1 unspecified atom stereocenters. The van der Waals surface area contributed by atoms with Crippen molar-refractivity contribution < 1.29 is 9.15 Å². The summed E-state index contributed by atoms with van der Waals surface area (Å²) in [5, 5.41) is 0. The Labute approximate surface area is 138 Å². The molecule has 0 aliphatic rings. The summed E-state index contributed by atoms with van der Waals surface area (Å²) in [6.07, 6.45) is 5.66. The van der Waals surface area contributed by atoms with Gasteiger partial charge in [-0.2, -0.15) is 0 Å². The van der Waals surface area contributed by atoms with Crippen molar-refractivity contribution in [3.63, 3.8) is 0 Å². The van der Waals surface area contributed by atoms with E-state index in [0.717, 1.165) is 29.4 Å². The van der Waals surface area contributed by atoms with Gasteiger partial charge < -0.3 is 4.52 Å². The van der Waals surface area contributed by atoms with Crippen LogP contribution in [0.4, 0.5) is 5.82 Å². The summed E-state index contributed by atoms with van der Waals surface area (Å²) >= 11 is 8.81. The number of nitrogens with one attached hydrogen (secondary N) is 1. The van der Waals surface area contributed by atoms with Gasteiger partial charge in [0.1, 0.15) is 5.82 Å². The summed E-state index contributed by atoms with van der Waals surface area (Å²) in [6, 6.07) is 0. The lowest BCUT2D eigenvalue weighted by Gasteiger charge is -2.20. The minimum absolute atomic E-state index is 0.556. The molecule has 2 aromatic rings. The zero-order valence-corrected chi connectivity index (χ0v) is 15.7. The number of hydrogen-bond acceptors (Lipinski definition) is 7. The van der Waals surface area contributed by atoms with Gasteiger partial charge in [0.05, 0.1) is 11.5 Å². The van der Waals surface area contributed by atoms with E-state index in [-0.39, 0.29) is 0 Å². The monoisotopic (exact) mass is 365 g/mol. The van der Waals surface area contributed by atoms with Crippen LogP contribution in [-0.4, -0.2) is 21.7 Å². The Morgan fingerprint density at radius 2 is 2.29 bits per heavy atom. The first-order chi connectivity index (χ1) is 10.1. The Kier molecular flexibility index (Phi) is 6.52. The largest absolute Gasteiger partial charge is 0.321 e. The first-order valence-electron chi connectivity index (χ1n) is 6.92. The fourth-order valence-corrected chi connectivity index (χ4v) is 6.92. The van der Waals surface area contributed by atoms with Crippen LogP contribution in [0.1, 0.15) is 32.1 Å². The standard InChI is InChI=1S/C12H20N3O2PS3/c1-4-9-20-18(19,16-6-3)17-14-11-10(5-2)21-12-13-7-8-15(11)12/h7-8,14H,4-6,9H2,1-3H3. The second kappa shape index (κ2) is 7.94. The number of hydrogen-bond donors (Lipinski definition) is 1. The van der Waals surface area contributed by atoms with Gasteiger partial charge in [0.25, 0.3) is 5.69 Å². The molecule has 0 spiro atoms. The van der Waals surface area contributed by atoms with Crippen molar-refractivity contribution in [3.05, 3.63) is 17.3 Å². The average Bonchev–Trinajstić information content (AvgIpc) is 3.04. The molecule has 0 bridgehead atoms. The van der Waals surface area contributed by atoms with Crippen LogP contribution in [-0.2, 0) is 27.4 Å². The Balaban J connectivity index is 2.14. The molecule has 0 fully saturated rings. The molecule has 5 nitrogen and oxygen atoms in total. The van der Waals surface area contributed by atoms with Crippen molar-refractivity contribution >= 4 is 51.0 Å². The Morgan fingerprint density at radius 1 is 1.48 bits per heavy atom. The molecule has 2 rings (SSSR count). The zero-order chi connectivity index (χ0) is 15.3. The lowest BCUT2D eigenvalue weighted by atomic mass is 10.4. The van der Waals surface area contributed by atoms with E-state index in [9.17, 15) is 0 Å². The predicted molar refractivity (Wildman–Crippen MR) is 95.8 cm³/mol. The summed E-state index contributed by atoms with van der Waals surface area (Å²) in [5.74, 6) is 1.84. The molecule has 2 heterocycles. The predicted octanol–water partition coefficient (Wildman–Crippen LogP) is 4.71. The molecule has 0 saturated heterocycles. The van der Waals surface area contributed by atoms with Gasteiger partial charge in [0.2, 0.25) is 0 Å². The number of rotatable bonds is 9. The number of aryl methyl sites for hydroxylation is 1. The molecular formula is C12H20N3O2PS3. The number of imidazole rings is 1. The maximum absolute atomic E-state index is 5.81. The SMILES string of the molecule is CCCSP(=S)(OCC)ONc1c(CC)sc2nccn12. The summed E-state index contributed by atoms with van der Waals surface area (Å²) in [4.78, 5) is 6.45. The Bertz CT molecular complexity index is 628. The first-order valence-corrected chi connectivity index (χ1v) is 12.0. The van der Waals surface area contributed by atoms with Gasteiger partial charge in [-0.3, -0.25) is 4.40 Å². The van der Waals surface area contributed by atoms with Crippen LogP contribution >= 0.6 is 28.4 Å². The highest BCUT2D eigenvalue weighted by Gasteiger charge is 2.21. The second-order valence-electron chi connectivity index (χ2n) is 4.20. The van der Waals surface area contributed by atoms with Gasteiger partial charge in [-0.05, 0) is 31.6 Å². The van der Waals surface area contributed by atoms with Gasteiger partial charge in [-0.1, -0.05) is 36.6 Å². The average molecular weight is 365 g/mol. The molecule has 0 amide bonds. The van der Waals surface area contributed by atoms with Crippen molar-refractivity contribution in [1.82, 2.24) is 9.38 Å². The van der Waals surface area contributed by atoms with Gasteiger partial charge in [-0.25, -0.2) is 15.1 Å². The Hall–Kier alpha value is -0.110. The van der Waals surface area contributed by atoms with Crippen LogP contribution in [0.15, 0.2) is 12.4 Å². The van der Waals surface area contributed by atoms with E-state index in [0.29, 0.717) is 6.61 Å². The van der Waals surface area contributed by atoms with E-state index in [2.05, 4.69) is 24.3 Å². The van der Waals surface area contributed by atoms with Crippen molar-refractivity contribution in [2.75, 3.05) is 17.8 Å². The lowest BCUT2D eigenvalue weighted by molar-refractivity contribution is 0.306. The number of fused-ring (bicyclic) bond motifs is 1. The van der Waals surface area contributed by atoms with E-state index >= 15 is 0 Å². The number of anilines is 1. The molecular weight excluding hydrogens is 345 g/mol. The van der Waals surface area contributed by atoms with Crippen LogP contribution in [0.2, 0.25) is 0 Å². The van der Waals surface area contributed by atoms with Crippen LogP contribution in [0, 0.1) is 0 Å². The van der Waals surface area contributed by atoms with Crippen molar-refractivity contribution in [3.8, 4) is 0 Å². The number of nitrogens with zero attached hydrogens (tertiary/aromatic N) is 2. The molecule has 118 valence electrons. The minimum atomic E-state index is -2.36. The Morgan fingerprint density at radius 3 is 2.95 bits per heavy atom. The molecule has 2 aromatic heterocycles. The molecule has 1 N–H and O–H groups in total. The fraction of sp³-hybridized carbons (Fsp3) is 0.583. The molecule has 1 atom stereocenters. The highest BCUT2D eigenvalue weighted by Crippen LogP contribution is 2.61. The van der Waals surface area contributed by atoms with Gasteiger partial charge >= 0.3 is 0 Å². The van der Waals surface area contributed by atoms with E-state index in [1.54, 1.807) is 28.9 Å². The van der Waals surface area contributed by atoms with Crippen LogP contribution in [0.25, 0.3) is 4.96 Å². The van der Waals surface area contributed by atoms with Gasteiger partial charge in [-0.15, -0.1) is 0 Å². The minimum Gasteiger partial charge on any atom is -0.321 e. The summed E-state index contributed by atoms with van der Waals surface area (Å²) in [7, 11) is 0. The smallest absolute Gasteiger partial charge is 0.270 e. The van der Waals surface area contributed by atoms with Crippen molar-refractivity contribution in [2.24, 2.45) is 0 Å². The third-order valence-electron chi connectivity index (χ3n) is 2.64. The molecule has 0 saturated carbocycles. The van der Waals surface area contributed by atoms with Crippen LogP contribution < -0.4 is 5.48 Å². The van der Waals surface area contributed by atoms with E-state index < -0.39 is 5.69 Å². The molecule has 0 radical (unpaired) electrons. The van der Waals surface area contributed by atoms with Gasteiger partial charge in [0, 0.05) is 18.1 Å². The quantitative estimate of drug-likeness (QED) is 0.513.